The second-order valence-corrected chi connectivity index (χ2v) is 8.73. The van der Waals surface area contributed by atoms with E-state index >= 15 is 0 Å². The molecule has 3 N–H and O–H groups in total. The van der Waals surface area contributed by atoms with Crippen LogP contribution in [0.15, 0.2) is 48.5 Å². The van der Waals surface area contributed by atoms with Gasteiger partial charge in [0.2, 0.25) is 0 Å². The number of nitrogens with one attached hydrogen (secondary N) is 2. The fraction of sp³-hybridized carbons (Fsp3) is 0.480. The molecule has 1 heterocycles. The van der Waals surface area contributed by atoms with Gasteiger partial charge in [-0.15, -0.1) is 0 Å². The largest absolute Gasteiger partial charge is 0.393 e. The number of piperidine rings is 1. The predicted octanol–water partition coefficient (Wildman–Crippen LogP) is 3.85. The highest BCUT2D eigenvalue weighted by Crippen LogP contribution is 2.17. The minimum Gasteiger partial charge on any atom is -0.393 e. The summed E-state index contributed by atoms with van der Waals surface area (Å²) in [5.41, 5.74) is 3.02. The minimum absolute atomic E-state index is 0.101. The van der Waals surface area contributed by atoms with E-state index in [-0.39, 0.29) is 29.9 Å². The Balaban J connectivity index is 1.60. The van der Waals surface area contributed by atoms with Gasteiger partial charge in [0, 0.05) is 19.1 Å². The first-order valence-electron chi connectivity index (χ1n) is 11.2. The number of carbonyl (C=O) groups excluding carboxylic acids is 1. The second-order valence-electron chi connectivity index (χ2n) is 8.73. The Bertz CT molecular complexity index is 818. The topological polar surface area (TPSA) is 64.6 Å². The summed E-state index contributed by atoms with van der Waals surface area (Å²) >= 11 is 0. The van der Waals surface area contributed by atoms with E-state index in [0.717, 1.165) is 42.6 Å². The molecule has 5 nitrogen and oxygen atoms in total. The number of rotatable bonds is 8. The molecule has 2 aromatic rings. The molecule has 0 aliphatic carbocycles. The molecule has 0 bridgehead atoms. The van der Waals surface area contributed by atoms with Crippen molar-refractivity contribution in [2.24, 2.45) is 5.92 Å². The Morgan fingerprint density at radius 3 is 2.26 bits per heavy atom. The van der Waals surface area contributed by atoms with Gasteiger partial charge >= 0.3 is 6.03 Å². The molecule has 3 rings (SSSR count). The van der Waals surface area contributed by atoms with E-state index in [2.05, 4.69) is 10.6 Å². The van der Waals surface area contributed by atoms with Crippen LogP contribution in [0.25, 0.3) is 0 Å². The van der Waals surface area contributed by atoms with Crippen LogP contribution in [0.1, 0.15) is 43.4 Å². The molecule has 168 valence electrons. The lowest BCUT2D eigenvalue weighted by atomic mass is 9.98. The molecule has 1 fully saturated rings. The number of hydrogen-bond donors (Lipinski definition) is 3. The Morgan fingerprint density at radius 1 is 1.06 bits per heavy atom. The maximum absolute atomic E-state index is 13.3. The normalized spacial score (nSPS) is 15.6. The van der Waals surface area contributed by atoms with Crippen molar-refractivity contribution in [1.82, 2.24) is 15.5 Å². The molecule has 2 amide bonds. The van der Waals surface area contributed by atoms with Crippen molar-refractivity contribution in [2.75, 3.05) is 13.1 Å². The minimum atomic E-state index is -0.351. The highest BCUT2D eigenvalue weighted by atomic mass is 19.1. The van der Waals surface area contributed by atoms with Gasteiger partial charge in [0.1, 0.15) is 5.82 Å². The highest BCUT2D eigenvalue weighted by Gasteiger charge is 2.25. The summed E-state index contributed by atoms with van der Waals surface area (Å²) in [4.78, 5) is 14.9. The van der Waals surface area contributed by atoms with E-state index in [4.69, 9.17) is 0 Å². The van der Waals surface area contributed by atoms with Gasteiger partial charge in [0.25, 0.3) is 0 Å². The molecular formula is C25H34FN3O2. The van der Waals surface area contributed by atoms with Gasteiger partial charge in [-0.1, -0.05) is 50.2 Å². The van der Waals surface area contributed by atoms with Gasteiger partial charge in [-0.05, 0) is 67.1 Å². The molecule has 0 radical (unpaired) electrons. The zero-order valence-corrected chi connectivity index (χ0v) is 18.5. The molecule has 2 aromatic carbocycles. The SMILES string of the molecule is CC(C)C(O)Cc1ccc(CNC(=O)N(Cc2ccc(F)cc2)C2CCNCC2)cc1. The average Bonchev–Trinajstić information content (AvgIpc) is 2.78. The van der Waals surface area contributed by atoms with Gasteiger partial charge in [-0.2, -0.15) is 0 Å². The lowest BCUT2D eigenvalue weighted by Gasteiger charge is -2.35. The molecule has 1 saturated heterocycles. The van der Waals surface area contributed by atoms with Crippen LogP contribution in [0.3, 0.4) is 0 Å². The van der Waals surface area contributed by atoms with Crippen LogP contribution in [0.2, 0.25) is 0 Å². The average molecular weight is 428 g/mol. The van der Waals surface area contributed by atoms with Crippen LogP contribution in [-0.4, -0.2) is 41.3 Å². The zero-order valence-electron chi connectivity index (χ0n) is 18.5. The molecule has 0 saturated carbocycles. The molecule has 31 heavy (non-hydrogen) atoms. The summed E-state index contributed by atoms with van der Waals surface area (Å²) < 4.78 is 13.3. The van der Waals surface area contributed by atoms with Crippen molar-refractivity contribution in [3.05, 3.63) is 71.0 Å². The van der Waals surface area contributed by atoms with Crippen molar-refractivity contribution < 1.29 is 14.3 Å². The Kier molecular flexibility index (Phi) is 8.43. The van der Waals surface area contributed by atoms with Crippen molar-refractivity contribution in [3.8, 4) is 0 Å². The van der Waals surface area contributed by atoms with Crippen molar-refractivity contribution in [3.63, 3.8) is 0 Å². The first-order chi connectivity index (χ1) is 14.9. The van der Waals surface area contributed by atoms with Crippen LogP contribution in [-0.2, 0) is 19.5 Å². The van der Waals surface area contributed by atoms with E-state index in [0.29, 0.717) is 19.5 Å². The molecule has 1 unspecified atom stereocenters. The fourth-order valence-electron chi connectivity index (χ4n) is 3.82. The van der Waals surface area contributed by atoms with E-state index < -0.39 is 0 Å². The van der Waals surface area contributed by atoms with Crippen LogP contribution in [0.4, 0.5) is 9.18 Å². The van der Waals surface area contributed by atoms with Gasteiger partial charge in [-0.3, -0.25) is 0 Å². The molecule has 1 atom stereocenters. The summed E-state index contributed by atoms with van der Waals surface area (Å²) in [5.74, 6) is -0.0491. The maximum Gasteiger partial charge on any atom is 0.318 e. The monoisotopic (exact) mass is 427 g/mol. The number of hydrogen-bond acceptors (Lipinski definition) is 3. The van der Waals surface area contributed by atoms with Crippen molar-refractivity contribution in [2.45, 2.75) is 58.3 Å². The lowest BCUT2D eigenvalue weighted by molar-refractivity contribution is 0.125. The smallest absolute Gasteiger partial charge is 0.318 e. The van der Waals surface area contributed by atoms with E-state index in [1.165, 1.54) is 12.1 Å². The third-order valence-electron chi connectivity index (χ3n) is 5.96. The zero-order chi connectivity index (χ0) is 22.2. The molecule has 1 aliphatic heterocycles. The molecule has 0 aromatic heterocycles. The number of nitrogens with zero attached hydrogens (tertiary/aromatic N) is 1. The number of benzene rings is 2. The molecule has 0 spiro atoms. The molecule has 1 aliphatic rings. The number of amides is 2. The second kappa shape index (κ2) is 11.3. The first kappa shape index (κ1) is 23.2. The summed E-state index contributed by atoms with van der Waals surface area (Å²) in [5, 5.41) is 16.4. The number of carbonyl (C=O) groups is 1. The molecule has 6 heteroatoms. The van der Waals surface area contributed by atoms with Gasteiger partial charge in [-0.25, -0.2) is 9.18 Å². The first-order valence-corrected chi connectivity index (χ1v) is 11.2. The summed E-state index contributed by atoms with van der Waals surface area (Å²) in [6.45, 7) is 6.70. The standard InChI is InChI=1S/C25H34FN3O2/c1-18(2)24(30)15-19-3-5-20(6-4-19)16-28-25(31)29(23-11-13-27-14-12-23)17-21-7-9-22(26)10-8-21/h3-10,18,23-24,27,30H,11-17H2,1-2H3,(H,28,31). The molecular weight excluding hydrogens is 393 g/mol. The highest BCUT2D eigenvalue weighted by molar-refractivity contribution is 5.74. The quantitative estimate of drug-likeness (QED) is 0.600. The lowest BCUT2D eigenvalue weighted by Crippen LogP contribution is -2.49. The van der Waals surface area contributed by atoms with Gasteiger partial charge in [0.05, 0.1) is 6.10 Å². The summed E-state index contributed by atoms with van der Waals surface area (Å²) in [6.07, 6.45) is 2.09. The Morgan fingerprint density at radius 2 is 1.65 bits per heavy atom. The number of urea groups is 1. The van der Waals surface area contributed by atoms with E-state index in [1.54, 1.807) is 12.1 Å². The number of aliphatic hydroxyl groups is 1. The van der Waals surface area contributed by atoms with Crippen LogP contribution in [0, 0.1) is 11.7 Å². The Labute approximate surface area is 184 Å². The third kappa shape index (κ3) is 7.04. The third-order valence-corrected chi connectivity index (χ3v) is 5.96. The van der Waals surface area contributed by atoms with Crippen LogP contribution < -0.4 is 10.6 Å². The fourth-order valence-corrected chi connectivity index (χ4v) is 3.82. The van der Waals surface area contributed by atoms with E-state index in [9.17, 15) is 14.3 Å². The summed E-state index contributed by atoms with van der Waals surface area (Å²) in [7, 11) is 0. The van der Waals surface area contributed by atoms with Crippen molar-refractivity contribution >= 4 is 6.03 Å². The van der Waals surface area contributed by atoms with Crippen molar-refractivity contribution in [1.29, 1.82) is 0 Å². The van der Waals surface area contributed by atoms with Gasteiger partial charge < -0.3 is 20.6 Å². The predicted molar refractivity (Wildman–Crippen MR) is 121 cm³/mol. The van der Waals surface area contributed by atoms with E-state index in [1.807, 2.05) is 43.0 Å². The number of halogens is 1. The number of aliphatic hydroxyl groups excluding tert-OH is 1. The van der Waals surface area contributed by atoms with Gasteiger partial charge in [0.15, 0.2) is 0 Å². The summed E-state index contributed by atoms with van der Waals surface area (Å²) in [6, 6.07) is 14.4. The maximum atomic E-state index is 13.3. The van der Waals surface area contributed by atoms with Crippen LogP contribution in [0.5, 0.6) is 0 Å². The Hall–Kier alpha value is -2.44. The van der Waals surface area contributed by atoms with Crippen LogP contribution >= 0.6 is 0 Å².